The van der Waals surface area contributed by atoms with Gasteiger partial charge in [0.05, 0.1) is 46.2 Å². The summed E-state index contributed by atoms with van der Waals surface area (Å²) >= 11 is 0. The predicted octanol–water partition coefficient (Wildman–Crippen LogP) is -14.8. The maximum Gasteiger partial charge on any atom is 0.326 e. The van der Waals surface area contributed by atoms with Gasteiger partial charge in [0.25, 0.3) is 0 Å². The van der Waals surface area contributed by atoms with Crippen molar-refractivity contribution >= 4 is 11.9 Å². The van der Waals surface area contributed by atoms with E-state index in [0.717, 1.165) is 0 Å². The van der Waals surface area contributed by atoms with E-state index in [2.05, 4.69) is 10.6 Å². The highest BCUT2D eigenvalue weighted by Gasteiger charge is 2.59. The van der Waals surface area contributed by atoms with E-state index in [9.17, 15) is 117 Å². The molecule has 21 aliphatic rings. The van der Waals surface area contributed by atoms with Crippen molar-refractivity contribution in [2.45, 2.75) is 227 Å². The SMILES string of the molecule is O=C(CNC[C@H]1O[C@@H]2O[C@H]3[C@H](O)[C@H](O)[C@@H](O[C@H]4[C@H](O)[C@H](O)[C@@H](O[C@H]5[C@H](O)[C@@H](O)[C@@H](O[C@H]6[C@H](O)[C@@H](O)[C@@H](O[C@H]7[C@H](O)[C@@H](O)[C@@H](O[C@H]8[C@H](O)[C@@H](O)[C@@H](O[C@H]1[C@H](O)[C@H]2O)O[C@@H]8CO)O[C@@H]7CO)O[C@@H]6CO)O[C@@H]5CO)O[C@@H]4CO)O[C@@H]3CO)N[C@@H](Cc1ccccc1)C(=O)O. The highest BCUT2D eigenvalue weighted by Crippen LogP contribution is 2.39. The van der Waals surface area contributed by atoms with Gasteiger partial charge in [-0.15, -0.1) is 0 Å². The molecule has 0 unspecified atom stereocenters. The smallest absolute Gasteiger partial charge is 0.326 e. The summed E-state index contributed by atoms with van der Waals surface area (Å²) in [7, 11) is 0. The first-order chi connectivity index (χ1) is 43.9. The monoisotopic (exact) mass is 1340 g/mol. The van der Waals surface area contributed by atoms with E-state index in [-0.39, 0.29) is 6.42 Å². The Morgan fingerprint density at radius 1 is 0.337 bits per heavy atom. The fourth-order valence-electron chi connectivity index (χ4n) is 12.1. The lowest BCUT2D eigenvalue weighted by molar-refractivity contribution is -0.396. The molecule has 22 rings (SSSR count). The van der Waals surface area contributed by atoms with Gasteiger partial charge in [-0.3, -0.25) is 4.79 Å². The third kappa shape index (κ3) is 15.5. The van der Waals surface area contributed by atoms with Crippen LogP contribution in [0.4, 0.5) is 0 Å². The van der Waals surface area contributed by atoms with E-state index in [1.807, 2.05) is 0 Å². The number of ether oxygens (including phenoxy) is 14. The number of rotatable bonds is 14. The Bertz CT molecular complexity index is 2460. The number of aliphatic carboxylic acids is 1. The van der Waals surface area contributed by atoms with Crippen molar-refractivity contribution in [3.8, 4) is 0 Å². The van der Waals surface area contributed by atoms with E-state index in [0.29, 0.717) is 5.56 Å². The summed E-state index contributed by atoms with van der Waals surface area (Å²) in [6.45, 7) is -7.82. The minimum Gasteiger partial charge on any atom is -0.480 e. The highest BCUT2D eigenvalue weighted by molar-refractivity contribution is 5.84. The van der Waals surface area contributed by atoms with Crippen LogP contribution in [0.1, 0.15) is 5.56 Å². The van der Waals surface area contributed by atoms with Crippen LogP contribution in [-0.2, 0) is 82.3 Å². The number of amides is 1. The Balaban J connectivity index is 1.000. The largest absolute Gasteiger partial charge is 0.480 e. The first-order valence-electron chi connectivity index (χ1n) is 29.5. The van der Waals surface area contributed by atoms with Crippen molar-refractivity contribution in [2.24, 2.45) is 0 Å². The number of carbonyl (C=O) groups excluding carboxylic acids is 1. The minimum absolute atomic E-state index is 0.133. The molecule has 1 aromatic carbocycles. The van der Waals surface area contributed by atoms with Crippen LogP contribution >= 0.6 is 0 Å². The number of hydrogen-bond acceptors (Lipinski definition) is 37. The molecule has 21 aliphatic heterocycles. The Morgan fingerprint density at radius 2 is 0.565 bits per heavy atom. The molecule has 1 amide bonds. The highest BCUT2D eigenvalue weighted by atomic mass is 16.8. The van der Waals surface area contributed by atoms with Crippen LogP contribution in [-0.4, -0.2) is 393 Å². The normalized spacial score (nSPS) is 48.5. The Morgan fingerprint density at radius 3 is 0.793 bits per heavy atom. The standard InChI is InChI=1S/C53H82N2O37/c56-9-18-40-27(65)34(72)49(81-18)89-42-20(11-58)83-51(36(74)29(42)67)91-44-22(13-60)85-53(38(76)31(44)69)92-45-23(14-61)84-52(37(75)30(45)68)90-43-21(12-59)82-50(35(73)28(43)66)88-41-19(10-57)80-48(33(71)26(41)64)86-39-17(79-47(87-40)32(70)25(39)63)7-54-8-24(62)55-16(46(77)78)6-15-4-2-1-3-5-15/h1-5,16-23,25-45,47-54,56-61,63-76H,6-14H2,(H,55,62)(H,77,78)/t16-,17+,18+,19+,20+,21+,22+,23+,25+,26+,27+,28+,29+,30+,31+,32+,33+,34-,35+,36-,37+,38+,39+,40+,41+,42+,43+,44+,45+,47+,48+,49+,50+,51+,52+,53+/m0/s1. The Kier molecular flexibility index (Phi) is 25.4. The maximum absolute atomic E-state index is 13.3. The molecule has 39 nitrogen and oxygen atoms in total. The van der Waals surface area contributed by atoms with Gasteiger partial charge >= 0.3 is 5.97 Å². The Labute approximate surface area is 520 Å². The van der Waals surface area contributed by atoms with Crippen LogP contribution in [0, 0.1) is 0 Å². The van der Waals surface area contributed by atoms with Crippen LogP contribution in [0.25, 0.3) is 0 Å². The third-order valence-corrected chi connectivity index (χ3v) is 17.2. The molecule has 0 aromatic heterocycles. The predicted molar refractivity (Wildman–Crippen MR) is 284 cm³/mol. The van der Waals surface area contributed by atoms with E-state index in [4.69, 9.17) is 66.3 Å². The van der Waals surface area contributed by atoms with Crippen molar-refractivity contribution in [1.29, 1.82) is 0 Å². The van der Waals surface area contributed by atoms with Gasteiger partial charge in [-0.25, -0.2) is 4.79 Å². The third-order valence-electron chi connectivity index (χ3n) is 17.2. The molecule has 0 spiro atoms. The molecule has 21 saturated heterocycles. The number of carbonyl (C=O) groups is 2. The zero-order chi connectivity index (χ0) is 66.7. The number of carboxylic acids is 1. The average Bonchev–Trinajstić information content (AvgIpc) is 0.797. The topological polar surface area (TPSA) is 612 Å². The van der Waals surface area contributed by atoms with Crippen molar-refractivity contribution < 1.29 is 183 Å². The molecule has 0 radical (unpaired) electrons. The molecule has 0 aliphatic carbocycles. The van der Waals surface area contributed by atoms with Gasteiger partial charge in [0, 0.05) is 13.0 Å². The van der Waals surface area contributed by atoms with Crippen LogP contribution in [0.15, 0.2) is 30.3 Å². The van der Waals surface area contributed by atoms with Crippen molar-refractivity contribution in [1.82, 2.24) is 10.6 Å². The summed E-state index contributed by atoms with van der Waals surface area (Å²) < 4.78 is 81.0. The molecule has 21 heterocycles. The molecule has 1 aromatic rings. The zero-order valence-corrected chi connectivity index (χ0v) is 48.5. The van der Waals surface area contributed by atoms with Crippen LogP contribution in [0.2, 0.25) is 0 Å². The molecule has 14 bridgehead atoms. The second-order valence-electron chi connectivity index (χ2n) is 23.2. The number of benzene rings is 1. The summed E-state index contributed by atoms with van der Waals surface area (Å²) in [6.07, 6.45) is -72.3. The fraction of sp³-hybridized carbons (Fsp3) is 0.849. The minimum atomic E-state index is -2.30. The van der Waals surface area contributed by atoms with E-state index in [1.54, 1.807) is 30.3 Å². The van der Waals surface area contributed by atoms with Gasteiger partial charge in [0.1, 0.15) is 177 Å². The van der Waals surface area contributed by atoms with Gasteiger partial charge in [0.15, 0.2) is 44.0 Å². The van der Waals surface area contributed by atoms with E-state index >= 15 is 0 Å². The molecular formula is C53H82N2O37. The summed E-state index contributed by atoms with van der Waals surface area (Å²) in [6, 6.07) is 6.84. The molecule has 0 saturated carbocycles. The van der Waals surface area contributed by atoms with Gasteiger partial charge in [0.2, 0.25) is 5.91 Å². The Hall–Kier alpha value is -3.24. The summed E-state index contributed by atoms with van der Waals surface area (Å²) in [5, 5.41) is 239. The quantitative estimate of drug-likeness (QED) is 0.0822. The molecule has 39 heteroatoms. The van der Waals surface area contributed by atoms with E-state index < -0.39 is 286 Å². The fourth-order valence-corrected chi connectivity index (χ4v) is 12.1. The number of carboxylic acid groups (broad SMARTS) is 1. The first-order valence-corrected chi connectivity index (χ1v) is 29.5. The van der Waals surface area contributed by atoms with Gasteiger partial charge in [-0.1, -0.05) is 30.3 Å². The second kappa shape index (κ2) is 32.0. The van der Waals surface area contributed by atoms with Gasteiger partial charge in [-0.2, -0.15) is 0 Å². The lowest BCUT2D eigenvalue weighted by Gasteiger charge is -2.50. The maximum atomic E-state index is 13.3. The number of nitrogens with one attached hydrogen (secondary N) is 2. The van der Waals surface area contributed by atoms with Crippen molar-refractivity contribution in [3.05, 3.63) is 35.9 Å². The average molecular weight is 1340 g/mol. The number of aliphatic hydroxyl groups is 20. The number of hydrogen-bond donors (Lipinski definition) is 23. The summed E-state index contributed by atoms with van der Waals surface area (Å²) in [5.41, 5.74) is 0.561. The molecule has 526 valence electrons. The van der Waals surface area contributed by atoms with Crippen LogP contribution in [0.5, 0.6) is 0 Å². The molecule has 92 heavy (non-hydrogen) atoms. The van der Waals surface area contributed by atoms with Gasteiger partial charge in [-0.05, 0) is 5.56 Å². The number of aliphatic hydroxyl groups excluding tert-OH is 20. The van der Waals surface area contributed by atoms with E-state index in [1.165, 1.54) is 0 Å². The zero-order valence-electron chi connectivity index (χ0n) is 48.5. The van der Waals surface area contributed by atoms with Crippen molar-refractivity contribution in [3.63, 3.8) is 0 Å². The molecule has 21 fully saturated rings. The van der Waals surface area contributed by atoms with Gasteiger partial charge < -0.3 is 184 Å². The van der Waals surface area contributed by atoms with Crippen LogP contribution in [0.3, 0.4) is 0 Å². The first kappa shape index (κ1) is 73.0. The second-order valence-corrected chi connectivity index (χ2v) is 23.2. The van der Waals surface area contributed by atoms with Crippen molar-refractivity contribution in [2.75, 3.05) is 52.7 Å². The molecule has 36 atom stereocenters. The lowest BCUT2D eigenvalue weighted by atomic mass is 9.95. The summed E-state index contributed by atoms with van der Waals surface area (Å²) in [4.78, 5) is 25.4. The molecular weight excluding hydrogens is 1260 g/mol. The van der Waals surface area contributed by atoms with Crippen LogP contribution < -0.4 is 10.6 Å². The summed E-state index contributed by atoms with van der Waals surface area (Å²) in [5.74, 6) is -2.28. The molecule has 23 N–H and O–H groups in total. The lowest BCUT2D eigenvalue weighted by Crippen LogP contribution is -2.68.